The Morgan fingerprint density at radius 3 is 1.92 bits per heavy atom. The number of hydrogen-bond acceptors (Lipinski definition) is 0. The molecule has 4 aliphatic rings. The Balaban J connectivity index is 1.94. The summed E-state index contributed by atoms with van der Waals surface area (Å²) in [6.07, 6.45) is 1.28. The molecule has 0 aliphatic heterocycles. The maximum Gasteiger partial charge on any atom is 0.193 e. The van der Waals surface area contributed by atoms with Crippen LogP contribution in [0.2, 0.25) is 0 Å². The molecule has 0 nitrogen and oxygen atoms in total. The standard InChI is InChI=1S/C8H8BrCl3/c9-7-3-1-2-4(5(2)7)6(3)8(10,11)12/h2-7H,1H2. The summed E-state index contributed by atoms with van der Waals surface area (Å²) in [5.41, 5.74) is 0. The van der Waals surface area contributed by atoms with Crippen molar-refractivity contribution in [2.75, 3.05) is 0 Å². The molecule has 0 heterocycles. The van der Waals surface area contributed by atoms with Gasteiger partial charge in [-0.05, 0) is 30.1 Å². The molecule has 12 heavy (non-hydrogen) atoms. The smallest absolute Gasteiger partial charge is 0.0884 e. The van der Waals surface area contributed by atoms with Gasteiger partial charge >= 0.3 is 0 Å². The first-order chi connectivity index (χ1) is 5.52. The first-order valence-electron chi connectivity index (χ1n) is 4.22. The summed E-state index contributed by atoms with van der Waals surface area (Å²) >= 11 is 21.6. The fraction of sp³-hybridized carbons (Fsp3) is 1.00. The van der Waals surface area contributed by atoms with E-state index in [9.17, 15) is 0 Å². The maximum atomic E-state index is 5.96. The van der Waals surface area contributed by atoms with E-state index in [0.717, 1.165) is 11.8 Å². The van der Waals surface area contributed by atoms with E-state index in [4.69, 9.17) is 34.8 Å². The minimum absolute atomic E-state index is 0.321. The third-order valence-corrected chi connectivity index (χ3v) is 5.91. The first-order valence-corrected chi connectivity index (χ1v) is 6.27. The molecule has 0 radical (unpaired) electrons. The van der Waals surface area contributed by atoms with Crippen LogP contribution in [-0.4, -0.2) is 8.62 Å². The summed E-state index contributed by atoms with van der Waals surface area (Å²) in [6.45, 7) is 0. The summed E-state index contributed by atoms with van der Waals surface area (Å²) in [7, 11) is 0. The van der Waals surface area contributed by atoms with E-state index in [1.165, 1.54) is 6.42 Å². The molecule has 4 aliphatic carbocycles. The zero-order chi connectivity index (χ0) is 8.67. The molecule has 68 valence electrons. The predicted octanol–water partition coefficient (Wildman–Crippen LogP) is 3.63. The van der Waals surface area contributed by atoms with E-state index in [1.807, 2.05) is 0 Å². The molecule has 4 bridgehead atoms. The third kappa shape index (κ3) is 0.872. The van der Waals surface area contributed by atoms with Crippen molar-refractivity contribution in [2.45, 2.75) is 15.0 Å². The van der Waals surface area contributed by atoms with E-state index >= 15 is 0 Å². The molecule has 4 fully saturated rings. The molecule has 4 saturated carbocycles. The molecule has 4 heteroatoms. The molecule has 4 rings (SSSR count). The van der Waals surface area contributed by atoms with Crippen molar-refractivity contribution in [1.82, 2.24) is 0 Å². The van der Waals surface area contributed by atoms with Gasteiger partial charge in [0.25, 0.3) is 0 Å². The second-order valence-corrected chi connectivity index (χ2v) is 7.66. The van der Waals surface area contributed by atoms with E-state index in [-0.39, 0.29) is 0 Å². The maximum absolute atomic E-state index is 5.96. The predicted molar refractivity (Wildman–Crippen MR) is 55.1 cm³/mol. The first kappa shape index (κ1) is 8.64. The van der Waals surface area contributed by atoms with Crippen LogP contribution in [-0.2, 0) is 0 Å². The average molecular weight is 290 g/mol. The second kappa shape index (κ2) is 2.29. The minimum Gasteiger partial charge on any atom is -0.0884 e. The molecule has 0 aromatic heterocycles. The van der Waals surface area contributed by atoms with Crippen molar-refractivity contribution in [3.8, 4) is 0 Å². The molecular formula is C8H8BrCl3. The van der Waals surface area contributed by atoms with Crippen molar-refractivity contribution in [3.05, 3.63) is 0 Å². The van der Waals surface area contributed by atoms with Crippen LogP contribution >= 0.6 is 50.7 Å². The van der Waals surface area contributed by atoms with Crippen LogP contribution < -0.4 is 0 Å². The van der Waals surface area contributed by atoms with Crippen LogP contribution in [0.5, 0.6) is 0 Å². The zero-order valence-corrected chi connectivity index (χ0v) is 10.0. The van der Waals surface area contributed by atoms with Crippen molar-refractivity contribution < 1.29 is 0 Å². The SMILES string of the molecule is ClC(Cl)(Cl)C1C2CC3C(C2Br)C31. The van der Waals surface area contributed by atoms with Crippen LogP contribution in [0.4, 0.5) is 0 Å². The summed E-state index contributed by atoms with van der Waals surface area (Å²) in [6, 6.07) is 0. The summed E-state index contributed by atoms with van der Waals surface area (Å²) < 4.78 is -1.03. The largest absolute Gasteiger partial charge is 0.193 e. The van der Waals surface area contributed by atoms with E-state index in [1.54, 1.807) is 0 Å². The Bertz CT molecular complexity index is 237. The van der Waals surface area contributed by atoms with Gasteiger partial charge in [-0.15, -0.1) is 0 Å². The number of halogens is 4. The molecule has 0 spiro atoms. The highest BCUT2D eigenvalue weighted by molar-refractivity contribution is 9.09. The number of rotatable bonds is 0. The van der Waals surface area contributed by atoms with Gasteiger partial charge in [0.15, 0.2) is 3.79 Å². The molecule has 0 saturated heterocycles. The average Bonchev–Trinajstić information content (AvgIpc) is 2.33. The van der Waals surface area contributed by atoms with E-state index < -0.39 is 3.79 Å². The molecule has 6 atom stereocenters. The lowest BCUT2D eigenvalue weighted by Gasteiger charge is -2.24. The van der Waals surface area contributed by atoms with Gasteiger partial charge < -0.3 is 0 Å². The van der Waals surface area contributed by atoms with E-state index in [2.05, 4.69) is 15.9 Å². The Kier molecular flexibility index (Phi) is 1.65. The van der Waals surface area contributed by atoms with Gasteiger partial charge in [0.05, 0.1) is 0 Å². The van der Waals surface area contributed by atoms with Gasteiger partial charge in [-0.1, -0.05) is 50.7 Å². The van der Waals surface area contributed by atoms with Gasteiger partial charge in [0.2, 0.25) is 0 Å². The molecule has 0 N–H and O–H groups in total. The lowest BCUT2D eigenvalue weighted by Crippen LogP contribution is -2.24. The van der Waals surface area contributed by atoms with Crippen molar-refractivity contribution in [3.63, 3.8) is 0 Å². The highest BCUT2D eigenvalue weighted by Crippen LogP contribution is 2.78. The Labute approximate surface area is 95.1 Å². The normalized spacial score (nSPS) is 61.0. The van der Waals surface area contributed by atoms with Gasteiger partial charge in [-0.2, -0.15) is 0 Å². The van der Waals surface area contributed by atoms with Gasteiger partial charge in [-0.3, -0.25) is 0 Å². The van der Waals surface area contributed by atoms with Crippen LogP contribution in [0.3, 0.4) is 0 Å². The van der Waals surface area contributed by atoms with Crippen LogP contribution in [0, 0.1) is 29.6 Å². The van der Waals surface area contributed by atoms with Crippen molar-refractivity contribution in [1.29, 1.82) is 0 Å². The van der Waals surface area contributed by atoms with Crippen LogP contribution in [0.1, 0.15) is 6.42 Å². The lowest BCUT2D eigenvalue weighted by atomic mass is 10.0. The molecule has 0 amide bonds. The second-order valence-electron chi connectivity index (χ2n) is 4.23. The molecule has 0 aromatic carbocycles. The van der Waals surface area contributed by atoms with Crippen molar-refractivity contribution >= 4 is 50.7 Å². The number of hydrogen-bond donors (Lipinski definition) is 0. The summed E-state index contributed by atoms with van der Waals surface area (Å²) in [5.74, 6) is 3.36. The Morgan fingerprint density at radius 2 is 1.75 bits per heavy atom. The van der Waals surface area contributed by atoms with Crippen molar-refractivity contribution in [2.24, 2.45) is 29.6 Å². The van der Waals surface area contributed by atoms with Crippen LogP contribution in [0.15, 0.2) is 0 Å². The van der Waals surface area contributed by atoms with Gasteiger partial charge in [-0.25, -0.2) is 0 Å². The third-order valence-electron chi connectivity index (χ3n) is 3.87. The molecule has 6 unspecified atom stereocenters. The quantitative estimate of drug-likeness (QED) is 0.598. The lowest BCUT2D eigenvalue weighted by molar-refractivity contribution is 0.425. The Morgan fingerprint density at radius 1 is 1.08 bits per heavy atom. The fourth-order valence-electron chi connectivity index (χ4n) is 3.52. The molecule has 0 aromatic rings. The zero-order valence-electron chi connectivity index (χ0n) is 6.18. The van der Waals surface area contributed by atoms with E-state index in [0.29, 0.717) is 22.6 Å². The van der Waals surface area contributed by atoms with Gasteiger partial charge in [0.1, 0.15) is 0 Å². The van der Waals surface area contributed by atoms with Crippen LogP contribution in [0.25, 0.3) is 0 Å². The topological polar surface area (TPSA) is 0 Å². The Hall–Kier alpha value is 1.35. The van der Waals surface area contributed by atoms with Gasteiger partial charge in [0, 0.05) is 10.7 Å². The molecular weight excluding hydrogens is 282 g/mol. The highest BCUT2D eigenvalue weighted by Gasteiger charge is 2.75. The summed E-state index contributed by atoms with van der Waals surface area (Å²) in [5, 5.41) is 0. The monoisotopic (exact) mass is 288 g/mol. The highest BCUT2D eigenvalue weighted by atomic mass is 79.9. The minimum atomic E-state index is -1.03. The summed E-state index contributed by atoms with van der Waals surface area (Å²) in [4.78, 5) is 0.633. The number of alkyl halides is 4. The fourth-order valence-corrected chi connectivity index (χ4v) is 5.73.